The van der Waals surface area contributed by atoms with Crippen LogP contribution >= 0.6 is 0 Å². The quantitative estimate of drug-likeness (QED) is 0.661. The van der Waals surface area contributed by atoms with E-state index in [-0.39, 0.29) is 12.5 Å². The Labute approximate surface area is 175 Å². The van der Waals surface area contributed by atoms with Gasteiger partial charge in [-0.2, -0.15) is 0 Å². The topological polar surface area (TPSA) is 86.8 Å². The van der Waals surface area contributed by atoms with Gasteiger partial charge in [0.15, 0.2) is 5.65 Å². The Morgan fingerprint density at radius 1 is 1.37 bits per heavy atom. The molecular weight excluding hydrogens is 376 g/mol. The minimum atomic E-state index is 0.0936. The highest BCUT2D eigenvalue weighted by atomic mass is 16.2. The van der Waals surface area contributed by atoms with E-state index in [0.29, 0.717) is 19.0 Å². The summed E-state index contributed by atoms with van der Waals surface area (Å²) in [5, 5.41) is 3.37. The molecule has 1 aliphatic heterocycles. The van der Waals surface area contributed by atoms with Gasteiger partial charge in [0, 0.05) is 54.8 Å². The summed E-state index contributed by atoms with van der Waals surface area (Å²) in [5.41, 5.74) is 6.87. The predicted molar refractivity (Wildman–Crippen MR) is 115 cm³/mol. The number of fused-ring (bicyclic) bond motifs is 2. The van der Waals surface area contributed by atoms with Crippen molar-refractivity contribution in [2.24, 2.45) is 0 Å². The van der Waals surface area contributed by atoms with E-state index in [1.165, 1.54) is 12.8 Å². The highest BCUT2D eigenvalue weighted by Gasteiger charge is 2.26. The first-order valence-corrected chi connectivity index (χ1v) is 10.7. The Kier molecular flexibility index (Phi) is 4.94. The molecule has 1 aliphatic carbocycles. The average Bonchev–Trinajstić information content (AvgIpc) is 3.55. The van der Waals surface area contributed by atoms with Gasteiger partial charge in [-0.15, -0.1) is 0 Å². The van der Waals surface area contributed by atoms with Crippen LogP contribution in [0.15, 0.2) is 36.8 Å². The number of aromatic nitrogens is 4. The second-order valence-corrected chi connectivity index (χ2v) is 8.02. The van der Waals surface area contributed by atoms with Crippen LogP contribution in [0.25, 0.3) is 16.9 Å². The Morgan fingerprint density at radius 2 is 2.27 bits per heavy atom. The van der Waals surface area contributed by atoms with Gasteiger partial charge < -0.3 is 15.2 Å². The summed E-state index contributed by atoms with van der Waals surface area (Å²) in [6, 6.07) is 3.99. The largest absolute Gasteiger partial charge is 0.376 e. The number of nitrogens with zero attached hydrogens (tertiary/aromatic N) is 4. The van der Waals surface area contributed by atoms with Crippen molar-refractivity contribution in [1.29, 1.82) is 0 Å². The molecular formula is C23H26N6O. The van der Waals surface area contributed by atoms with E-state index >= 15 is 0 Å². The predicted octanol–water partition coefficient (Wildman–Crippen LogP) is 3.16. The molecule has 2 aliphatic rings. The van der Waals surface area contributed by atoms with Crippen LogP contribution in [0.5, 0.6) is 0 Å². The SMILES string of the molecule is CC/C=C(/NCC(=O)N1CCc2ncccc2C1)c1c[nH]c2ncc(C3CC3)nc12. The van der Waals surface area contributed by atoms with E-state index in [1.54, 1.807) is 0 Å². The number of pyridine rings is 1. The van der Waals surface area contributed by atoms with Crippen LogP contribution in [-0.4, -0.2) is 43.8 Å². The molecule has 4 heterocycles. The third-order valence-electron chi connectivity index (χ3n) is 5.84. The molecule has 0 atom stereocenters. The zero-order valence-corrected chi connectivity index (χ0v) is 17.2. The molecule has 1 fully saturated rings. The number of hydrogen-bond acceptors (Lipinski definition) is 5. The van der Waals surface area contributed by atoms with E-state index in [2.05, 4.69) is 39.3 Å². The fraction of sp³-hybridized carbons (Fsp3) is 0.391. The molecule has 7 heteroatoms. The fourth-order valence-corrected chi connectivity index (χ4v) is 4.03. The molecule has 2 N–H and O–H groups in total. The number of nitrogens with one attached hydrogen (secondary N) is 2. The van der Waals surface area contributed by atoms with Crippen LogP contribution in [0.4, 0.5) is 0 Å². The first-order valence-electron chi connectivity index (χ1n) is 10.7. The van der Waals surface area contributed by atoms with Gasteiger partial charge in [-0.05, 0) is 30.9 Å². The van der Waals surface area contributed by atoms with E-state index in [1.807, 2.05) is 29.6 Å². The molecule has 0 unspecified atom stereocenters. The number of allylic oxidation sites excluding steroid dienone is 1. The Balaban J connectivity index is 1.31. The second-order valence-electron chi connectivity index (χ2n) is 8.02. The molecule has 154 valence electrons. The second kappa shape index (κ2) is 7.89. The van der Waals surface area contributed by atoms with Crippen LogP contribution in [0.2, 0.25) is 0 Å². The van der Waals surface area contributed by atoms with Crippen molar-refractivity contribution in [2.75, 3.05) is 13.1 Å². The van der Waals surface area contributed by atoms with Crippen LogP contribution in [0.3, 0.4) is 0 Å². The molecule has 0 saturated heterocycles. The number of H-pyrrole nitrogens is 1. The first-order chi connectivity index (χ1) is 14.7. The summed E-state index contributed by atoms with van der Waals surface area (Å²) in [6.45, 7) is 3.68. The minimum absolute atomic E-state index is 0.0936. The van der Waals surface area contributed by atoms with Crippen LogP contribution in [-0.2, 0) is 17.8 Å². The molecule has 30 heavy (non-hydrogen) atoms. The average molecular weight is 403 g/mol. The summed E-state index contributed by atoms with van der Waals surface area (Å²) in [4.78, 5) is 31.8. The molecule has 0 bridgehead atoms. The Hall–Kier alpha value is -3.22. The van der Waals surface area contributed by atoms with Crippen molar-refractivity contribution >= 4 is 22.8 Å². The smallest absolute Gasteiger partial charge is 0.242 e. The normalized spacial score (nSPS) is 16.6. The standard InChI is InChI=1S/C23H26N6O/c1-2-4-19(17-11-26-23-22(17)28-20(12-27-23)15-6-7-15)25-13-21(30)29-10-8-18-16(14-29)5-3-9-24-18/h3-5,9,11-12,15,25H,2,6-8,10,13-14H2,1H3,(H,26,27)/b19-4+. The maximum absolute atomic E-state index is 12.9. The van der Waals surface area contributed by atoms with Gasteiger partial charge in [0.05, 0.1) is 18.4 Å². The van der Waals surface area contributed by atoms with Gasteiger partial charge in [-0.1, -0.05) is 19.1 Å². The van der Waals surface area contributed by atoms with Gasteiger partial charge in [0.2, 0.25) is 5.91 Å². The third kappa shape index (κ3) is 3.67. The lowest BCUT2D eigenvalue weighted by molar-refractivity contribution is -0.130. The molecule has 3 aromatic heterocycles. The number of carbonyl (C=O) groups excluding carboxylic acids is 1. The van der Waals surface area contributed by atoms with Gasteiger partial charge in [-0.3, -0.25) is 9.78 Å². The summed E-state index contributed by atoms with van der Waals surface area (Å²) in [7, 11) is 0. The van der Waals surface area contributed by atoms with Crippen molar-refractivity contribution < 1.29 is 4.79 Å². The molecule has 1 amide bonds. The van der Waals surface area contributed by atoms with Crippen molar-refractivity contribution in [3.8, 4) is 0 Å². The molecule has 1 saturated carbocycles. The number of rotatable bonds is 6. The van der Waals surface area contributed by atoms with Crippen molar-refractivity contribution in [1.82, 2.24) is 30.2 Å². The molecule has 0 radical (unpaired) electrons. The van der Waals surface area contributed by atoms with Crippen molar-refractivity contribution in [3.05, 3.63) is 59.3 Å². The van der Waals surface area contributed by atoms with E-state index in [0.717, 1.165) is 52.2 Å². The third-order valence-corrected chi connectivity index (χ3v) is 5.84. The first kappa shape index (κ1) is 18.8. The van der Waals surface area contributed by atoms with Gasteiger partial charge in [0.1, 0.15) is 5.52 Å². The summed E-state index contributed by atoms with van der Waals surface area (Å²) in [5.74, 6) is 0.644. The lowest BCUT2D eigenvalue weighted by Crippen LogP contribution is -2.41. The molecule has 0 spiro atoms. The highest BCUT2D eigenvalue weighted by molar-refractivity contribution is 5.88. The minimum Gasteiger partial charge on any atom is -0.376 e. The maximum Gasteiger partial charge on any atom is 0.242 e. The van der Waals surface area contributed by atoms with Crippen molar-refractivity contribution in [3.63, 3.8) is 0 Å². The van der Waals surface area contributed by atoms with Gasteiger partial charge >= 0.3 is 0 Å². The summed E-state index contributed by atoms with van der Waals surface area (Å²) in [6.07, 6.45) is 11.8. The molecule has 0 aromatic carbocycles. The summed E-state index contributed by atoms with van der Waals surface area (Å²) < 4.78 is 0. The maximum atomic E-state index is 12.9. The summed E-state index contributed by atoms with van der Waals surface area (Å²) >= 11 is 0. The Morgan fingerprint density at radius 3 is 3.10 bits per heavy atom. The van der Waals surface area contributed by atoms with E-state index < -0.39 is 0 Å². The number of aromatic amines is 1. The lowest BCUT2D eigenvalue weighted by Gasteiger charge is -2.28. The molecule has 7 nitrogen and oxygen atoms in total. The zero-order valence-electron chi connectivity index (χ0n) is 17.2. The highest BCUT2D eigenvalue weighted by Crippen LogP contribution is 2.39. The zero-order chi connectivity index (χ0) is 20.5. The van der Waals surface area contributed by atoms with Crippen LogP contribution in [0, 0.1) is 0 Å². The van der Waals surface area contributed by atoms with Crippen LogP contribution in [0.1, 0.15) is 54.6 Å². The molecule has 5 rings (SSSR count). The fourth-order valence-electron chi connectivity index (χ4n) is 4.03. The number of carbonyl (C=O) groups is 1. The van der Waals surface area contributed by atoms with E-state index in [4.69, 9.17) is 4.98 Å². The van der Waals surface area contributed by atoms with Gasteiger partial charge in [0.25, 0.3) is 0 Å². The number of amides is 1. The number of hydrogen-bond donors (Lipinski definition) is 2. The Bertz CT molecular complexity index is 1110. The van der Waals surface area contributed by atoms with Gasteiger partial charge in [-0.25, -0.2) is 9.97 Å². The van der Waals surface area contributed by atoms with E-state index in [9.17, 15) is 4.79 Å². The monoisotopic (exact) mass is 402 g/mol. The van der Waals surface area contributed by atoms with Crippen molar-refractivity contribution in [2.45, 2.75) is 45.1 Å². The lowest BCUT2D eigenvalue weighted by atomic mass is 10.1. The molecule has 3 aromatic rings. The van der Waals surface area contributed by atoms with Crippen LogP contribution < -0.4 is 5.32 Å².